The lowest BCUT2D eigenvalue weighted by Crippen LogP contribution is -2.30. The van der Waals surface area contributed by atoms with Crippen molar-refractivity contribution in [1.82, 2.24) is 19.9 Å². The minimum atomic E-state index is -5.15. The fourth-order valence-corrected chi connectivity index (χ4v) is 7.18. The van der Waals surface area contributed by atoms with Crippen LogP contribution < -0.4 is 5.32 Å². The monoisotopic (exact) mass is 725 g/mol. The molecule has 7 aromatic rings. The molecule has 0 saturated carbocycles. The summed E-state index contributed by atoms with van der Waals surface area (Å²) in [5, 5.41) is 2.25. The number of nitrogens with one attached hydrogen (secondary N) is 3. The average molecular weight is 726 g/mol. The number of amides is 1. The van der Waals surface area contributed by atoms with Crippen LogP contribution >= 0.6 is 0 Å². The van der Waals surface area contributed by atoms with Gasteiger partial charge in [-0.15, -0.1) is 0 Å². The number of hydrogen-bond acceptors (Lipinski definition) is 3. The highest BCUT2D eigenvalue weighted by Gasteiger charge is 2.40. The van der Waals surface area contributed by atoms with Gasteiger partial charge >= 0.3 is 12.1 Å². The predicted molar refractivity (Wildman–Crippen MR) is 213 cm³/mol. The van der Waals surface area contributed by atoms with Gasteiger partial charge in [-0.3, -0.25) is 4.79 Å². The number of carbonyl (C=O) groups excluding carboxylic acids is 1. The van der Waals surface area contributed by atoms with E-state index < -0.39 is 12.1 Å². The molecule has 9 rings (SSSR count). The van der Waals surface area contributed by atoms with E-state index in [1.54, 1.807) is 12.1 Å². The SMILES string of the molecule is O=C(Nc1c(-c2ccccc2)c2[nH]c1cc1nc(cc3ccc(cc4nc(c2-c2ccccc2)C(c2ccccc2)=C4c2ccccc2)[nH]3)C=C1)C(F)(F)F. The van der Waals surface area contributed by atoms with E-state index >= 15 is 0 Å². The van der Waals surface area contributed by atoms with Gasteiger partial charge < -0.3 is 15.3 Å². The van der Waals surface area contributed by atoms with Crippen molar-refractivity contribution >= 4 is 57.0 Å². The maximum Gasteiger partial charge on any atom is 0.471 e. The number of hydrogen-bond donors (Lipinski definition) is 3. The molecule has 3 aromatic heterocycles. The molecule has 266 valence electrons. The van der Waals surface area contributed by atoms with Gasteiger partial charge in [-0.25, -0.2) is 9.97 Å². The minimum Gasteiger partial charge on any atom is -0.355 e. The fourth-order valence-electron chi connectivity index (χ4n) is 7.18. The summed E-state index contributed by atoms with van der Waals surface area (Å²) in [6, 6.07) is 48.2. The number of anilines is 1. The van der Waals surface area contributed by atoms with Gasteiger partial charge in [0, 0.05) is 33.3 Å². The Morgan fingerprint density at radius 1 is 0.545 bits per heavy atom. The number of carbonyl (C=O) groups is 1. The molecule has 2 aliphatic rings. The summed E-state index contributed by atoms with van der Waals surface area (Å²) in [7, 11) is 0. The molecule has 8 bridgehead atoms. The lowest BCUT2D eigenvalue weighted by atomic mass is 9.89. The van der Waals surface area contributed by atoms with Gasteiger partial charge in [0.05, 0.1) is 39.5 Å². The third-order valence-corrected chi connectivity index (χ3v) is 9.54. The number of alkyl halides is 3. The van der Waals surface area contributed by atoms with Gasteiger partial charge in [-0.05, 0) is 64.7 Å². The van der Waals surface area contributed by atoms with E-state index in [1.165, 1.54) is 0 Å². The van der Waals surface area contributed by atoms with Crippen LogP contribution in [0.1, 0.15) is 33.9 Å². The van der Waals surface area contributed by atoms with Crippen LogP contribution in [0.2, 0.25) is 0 Å². The first kappa shape index (κ1) is 33.6. The van der Waals surface area contributed by atoms with Crippen molar-refractivity contribution < 1.29 is 18.0 Å². The van der Waals surface area contributed by atoms with Crippen molar-refractivity contribution in [2.75, 3.05) is 5.32 Å². The normalized spacial score (nSPS) is 12.6. The molecule has 55 heavy (non-hydrogen) atoms. The summed E-state index contributed by atoms with van der Waals surface area (Å²) < 4.78 is 42.3. The van der Waals surface area contributed by atoms with Crippen molar-refractivity contribution in [3.8, 4) is 22.3 Å². The molecular formula is C46H30F3N5O. The molecule has 1 amide bonds. The van der Waals surface area contributed by atoms with Gasteiger partial charge in [0.2, 0.25) is 0 Å². The Labute approximate surface area is 313 Å². The van der Waals surface area contributed by atoms with Gasteiger partial charge in [-0.1, -0.05) is 121 Å². The second-order valence-corrected chi connectivity index (χ2v) is 13.1. The molecule has 0 aliphatic carbocycles. The Morgan fingerprint density at radius 2 is 1.05 bits per heavy atom. The molecule has 0 radical (unpaired) electrons. The maximum absolute atomic E-state index is 14.1. The third kappa shape index (κ3) is 6.42. The first-order chi connectivity index (χ1) is 26.8. The molecular weight excluding hydrogens is 696 g/mol. The minimum absolute atomic E-state index is 0.0359. The number of benzene rings is 4. The number of aromatic amines is 2. The maximum atomic E-state index is 14.1. The second kappa shape index (κ2) is 13.6. The summed E-state index contributed by atoms with van der Waals surface area (Å²) in [6.45, 7) is 0. The number of rotatable bonds is 5. The number of nitrogens with zero attached hydrogens (tertiary/aromatic N) is 2. The van der Waals surface area contributed by atoms with Crippen LogP contribution in [0.25, 0.3) is 67.6 Å². The lowest BCUT2D eigenvalue weighted by Gasteiger charge is -2.14. The molecule has 0 fully saturated rings. The third-order valence-electron chi connectivity index (χ3n) is 9.54. The van der Waals surface area contributed by atoms with Crippen LogP contribution in [0.5, 0.6) is 0 Å². The van der Waals surface area contributed by atoms with E-state index in [4.69, 9.17) is 9.97 Å². The zero-order chi connectivity index (χ0) is 37.5. The number of aromatic nitrogens is 4. The summed E-state index contributed by atoms with van der Waals surface area (Å²) in [4.78, 5) is 30.1. The van der Waals surface area contributed by atoms with Crippen molar-refractivity contribution in [3.63, 3.8) is 0 Å². The van der Waals surface area contributed by atoms with E-state index in [2.05, 4.69) is 15.3 Å². The Bertz CT molecular complexity index is 2820. The summed E-state index contributed by atoms with van der Waals surface area (Å²) in [6.07, 6.45) is -1.54. The average Bonchev–Trinajstić information content (AvgIpc) is 4.00. The molecule has 3 N–H and O–H groups in total. The van der Waals surface area contributed by atoms with Crippen LogP contribution in [-0.2, 0) is 4.79 Å². The van der Waals surface area contributed by atoms with E-state index in [-0.39, 0.29) is 11.2 Å². The quantitative estimate of drug-likeness (QED) is 0.165. The Hall–Kier alpha value is -7.26. The summed E-state index contributed by atoms with van der Waals surface area (Å²) >= 11 is 0. The van der Waals surface area contributed by atoms with Crippen molar-refractivity contribution in [1.29, 1.82) is 0 Å². The molecule has 9 heteroatoms. The second-order valence-electron chi connectivity index (χ2n) is 13.1. The predicted octanol–water partition coefficient (Wildman–Crippen LogP) is 11.3. The van der Waals surface area contributed by atoms with E-state index in [9.17, 15) is 18.0 Å². The lowest BCUT2D eigenvalue weighted by molar-refractivity contribution is -0.167. The van der Waals surface area contributed by atoms with Crippen LogP contribution in [0.3, 0.4) is 0 Å². The molecule has 4 aromatic carbocycles. The number of halogens is 3. The highest BCUT2D eigenvalue weighted by molar-refractivity contribution is 6.15. The van der Waals surface area contributed by atoms with Gasteiger partial charge in [0.15, 0.2) is 0 Å². The topological polar surface area (TPSA) is 86.5 Å². The molecule has 0 atom stereocenters. The Kier molecular flexibility index (Phi) is 8.31. The van der Waals surface area contributed by atoms with Crippen molar-refractivity contribution in [2.45, 2.75) is 6.18 Å². The first-order valence-corrected chi connectivity index (χ1v) is 17.6. The molecule has 2 aliphatic heterocycles. The molecule has 0 unspecified atom stereocenters. The molecule has 5 heterocycles. The number of fused-ring (bicyclic) bond motifs is 8. The zero-order valence-corrected chi connectivity index (χ0v) is 29.0. The van der Waals surface area contributed by atoms with Crippen LogP contribution in [0, 0.1) is 0 Å². The van der Waals surface area contributed by atoms with Crippen LogP contribution in [0.4, 0.5) is 18.9 Å². The van der Waals surface area contributed by atoms with E-state index in [0.717, 1.165) is 38.9 Å². The van der Waals surface area contributed by atoms with Gasteiger partial charge in [-0.2, -0.15) is 13.2 Å². The summed E-state index contributed by atoms with van der Waals surface area (Å²) in [5.74, 6) is -2.09. The molecule has 0 spiro atoms. The molecule has 6 nitrogen and oxygen atoms in total. The van der Waals surface area contributed by atoms with Gasteiger partial charge in [0.25, 0.3) is 0 Å². The standard InChI is InChI=1S/C46H30F3N5O/c47-46(48,49)45(55)54-42-37-27-35-24-22-33(51-35)25-32-21-23-34(50-32)26-36-38(28-13-5-1-6-14-28)39(29-15-7-2-8-16-29)43(52-36)41(31-19-11-4-12-20-31)44(53-37)40(42)30-17-9-3-10-18-30/h1-27,50,53H,(H,54,55). The van der Waals surface area contributed by atoms with Crippen LogP contribution in [-0.4, -0.2) is 32.0 Å². The Balaban J connectivity index is 1.55. The smallest absolute Gasteiger partial charge is 0.355 e. The van der Waals surface area contributed by atoms with Crippen molar-refractivity contribution in [3.05, 3.63) is 186 Å². The first-order valence-electron chi connectivity index (χ1n) is 17.6. The number of H-pyrrole nitrogens is 2. The molecule has 0 saturated heterocycles. The van der Waals surface area contributed by atoms with Gasteiger partial charge in [0.1, 0.15) is 0 Å². The van der Waals surface area contributed by atoms with E-state index in [1.807, 2.05) is 152 Å². The van der Waals surface area contributed by atoms with E-state index in [0.29, 0.717) is 45.0 Å². The fraction of sp³-hybridized carbons (Fsp3) is 0.0217. The van der Waals surface area contributed by atoms with Crippen molar-refractivity contribution in [2.24, 2.45) is 0 Å². The largest absolute Gasteiger partial charge is 0.471 e. The van der Waals surface area contributed by atoms with Crippen LogP contribution in [0.15, 0.2) is 152 Å². The highest BCUT2D eigenvalue weighted by atomic mass is 19.4. The zero-order valence-electron chi connectivity index (χ0n) is 29.0. The Morgan fingerprint density at radius 3 is 1.64 bits per heavy atom. The summed E-state index contributed by atoms with van der Waals surface area (Å²) in [5.41, 5.74) is 10.6. The highest BCUT2D eigenvalue weighted by Crippen LogP contribution is 2.47.